The van der Waals surface area contributed by atoms with E-state index in [4.69, 9.17) is 11.6 Å². The minimum absolute atomic E-state index is 0.0843. The Bertz CT molecular complexity index is 1380. The van der Waals surface area contributed by atoms with Crippen molar-refractivity contribution < 1.29 is 13.2 Å². The molecule has 0 bridgehead atoms. The van der Waals surface area contributed by atoms with Gasteiger partial charge in [-0.05, 0) is 55.5 Å². The van der Waals surface area contributed by atoms with Gasteiger partial charge in [0, 0.05) is 46.1 Å². The van der Waals surface area contributed by atoms with Crippen molar-refractivity contribution in [1.29, 1.82) is 0 Å². The third kappa shape index (κ3) is 4.04. The normalized spacial score (nSPS) is 12.0. The molecule has 0 fully saturated rings. The third-order valence-electron chi connectivity index (χ3n) is 5.26. The van der Waals surface area contributed by atoms with Crippen molar-refractivity contribution >= 4 is 55.0 Å². The van der Waals surface area contributed by atoms with E-state index >= 15 is 0 Å². The highest BCUT2D eigenvalue weighted by atomic mass is 35.5. The summed E-state index contributed by atoms with van der Waals surface area (Å²) in [7, 11) is -2.42. The standard InChI is InChI=1S/C23H22ClN3O3S/c1-3-27-21-7-5-4-6-19(21)20-14-17(10-13-22(20)27)25-23(28)15-26(2)31(29,30)18-11-8-16(24)9-12-18/h4-14H,3,15H2,1-2H3,(H,25,28). The molecule has 4 rings (SSSR count). The number of carbonyl (C=O) groups is 1. The zero-order valence-electron chi connectivity index (χ0n) is 17.2. The number of nitrogens with one attached hydrogen (secondary N) is 1. The Kier molecular flexibility index (Phi) is 5.75. The van der Waals surface area contributed by atoms with Crippen LogP contribution in [0.4, 0.5) is 5.69 Å². The summed E-state index contributed by atoms with van der Waals surface area (Å²) in [5, 5.41) is 5.41. The van der Waals surface area contributed by atoms with E-state index < -0.39 is 15.9 Å². The quantitative estimate of drug-likeness (QED) is 0.457. The Morgan fingerprint density at radius 2 is 1.68 bits per heavy atom. The van der Waals surface area contributed by atoms with E-state index in [1.54, 1.807) is 0 Å². The molecule has 0 saturated carbocycles. The van der Waals surface area contributed by atoms with Gasteiger partial charge in [0.25, 0.3) is 0 Å². The number of aryl methyl sites for hydroxylation is 1. The zero-order valence-corrected chi connectivity index (χ0v) is 18.7. The molecular formula is C23H22ClN3O3S. The fourth-order valence-corrected chi connectivity index (χ4v) is 5.00. The molecule has 3 aromatic carbocycles. The molecule has 0 atom stereocenters. The molecule has 1 N–H and O–H groups in total. The lowest BCUT2D eigenvalue weighted by molar-refractivity contribution is -0.116. The first-order valence-electron chi connectivity index (χ1n) is 9.84. The van der Waals surface area contributed by atoms with Crippen LogP contribution in [0, 0.1) is 0 Å². The van der Waals surface area contributed by atoms with Crippen molar-refractivity contribution in [2.45, 2.75) is 18.4 Å². The molecule has 0 aliphatic rings. The molecule has 6 nitrogen and oxygen atoms in total. The van der Waals surface area contributed by atoms with Gasteiger partial charge in [-0.1, -0.05) is 29.8 Å². The van der Waals surface area contributed by atoms with E-state index in [1.165, 1.54) is 31.3 Å². The highest BCUT2D eigenvalue weighted by molar-refractivity contribution is 7.89. The Hall–Kier alpha value is -2.87. The SMILES string of the molecule is CCn1c2ccccc2c2cc(NC(=O)CN(C)S(=O)(=O)c3ccc(Cl)cc3)ccc21. The van der Waals surface area contributed by atoms with Crippen molar-refractivity contribution in [3.05, 3.63) is 71.8 Å². The lowest BCUT2D eigenvalue weighted by Gasteiger charge is -2.17. The molecular weight excluding hydrogens is 434 g/mol. The van der Waals surface area contributed by atoms with Crippen LogP contribution in [-0.4, -0.2) is 36.8 Å². The fourth-order valence-electron chi connectivity index (χ4n) is 3.75. The highest BCUT2D eigenvalue weighted by Gasteiger charge is 2.23. The summed E-state index contributed by atoms with van der Waals surface area (Å²) in [6.07, 6.45) is 0. The summed E-state index contributed by atoms with van der Waals surface area (Å²) in [4.78, 5) is 12.7. The number of hydrogen-bond donors (Lipinski definition) is 1. The second-order valence-electron chi connectivity index (χ2n) is 7.26. The van der Waals surface area contributed by atoms with Gasteiger partial charge in [-0.3, -0.25) is 4.79 Å². The lowest BCUT2D eigenvalue weighted by atomic mass is 10.1. The molecule has 1 heterocycles. The van der Waals surface area contributed by atoms with Crippen LogP contribution in [0.25, 0.3) is 21.8 Å². The van der Waals surface area contributed by atoms with Crippen LogP contribution in [0.5, 0.6) is 0 Å². The number of hydrogen-bond acceptors (Lipinski definition) is 3. The van der Waals surface area contributed by atoms with E-state index in [1.807, 2.05) is 30.3 Å². The third-order valence-corrected chi connectivity index (χ3v) is 7.33. The number of likely N-dealkylation sites (N-methyl/N-ethyl adjacent to an activating group) is 1. The van der Waals surface area contributed by atoms with Crippen LogP contribution in [0.3, 0.4) is 0 Å². The Morgan fingerprint density at radius 1 is 1.00 bits per heavy atom. The first-order chi connectivity index (χ1) is 14.8. The number of amides is 1. The van der Waals surface area contributed by atoms with Gasteiger partial charge in [-0.25, -0.2) is 8.42 Å². The maximum Gasteiger partial charge on any atom is 0.243 e. The molecule has 0 spiro atoms. The van der Waals surface area contributed by atoms with E-state index in [0.717, 1.165) is 32.7 Å². The van der Waals surface area contributed by atoms with E-state index in [9.17, 15) is 13.2 Å². The van der Waals surface area contributed by atoms with Crippen molar-refractivity contribution in [2.75, 3.05) is 18.9 Å². The number of benzene rings is 3. The molecule has 0 unspecified atom stereocenters. The van der Waals surface area contributed by atoms with Crippen molar-refractivity contribution in [1.82, 2.24) is 8.87 Å². The number of nitrogens with zero attached hydrogens (tertiary/aromatic N) is 2. The number of rotatable bonds is 6. The average molecular weight is 456 g/mol. The molecule has 0 saturated heterocycles. The second kappa shape index (κ2) is 8.34. The molecule has 160 valence electrons. The van der Waals surface area contributed by atoms with Crippen molar-refractivity contribution in [3.63, 3.8) is 0 Å². The summed E-state index contributed by atoms with van der Waals surface area (Å²) in [5.41, 5.74) is 2.84. The summed E-state index contributed by atoms with van der Waals surface area (Å²) in [6.45, 7) is 2.63. The van der Waals surface area contributed by atoms with Crippen LogP contribution in [0.1, 0.15) is 6.92 Å². The van der Waals surface area contributed by atoms with Crippen LogP contribution in [0.15, 0.2) is 71.6 Å². The van der Waals surface area contributed by atoms with E-state index in [2.05, 4.69) is 28.9 Å². The fraction of sp³-hybridized carbons (Fsp3) is 0.174. The molecule has 31 heavy (non-hydrogen) atoms. The number of anilines is 1. The molecule has 0 radical (unpaired) electrons. The van der Waals surface area contributed by atoms with Gasteiger partial charge >= 0.3 is 0 Å². The van der Waals surface area contributed by atoms with Gasteiger partial charge in [-0.2, -0.15) is 4.31 Å². The minimum Gasteiger partial charge on any atom is -0.341 e. The lowest BCUT2D eigenvalue weighted by Crippen LogP contribution is -2.34. The molecule has 1 amide bonds. The molecule has 0 aliphatic heterocycles. The number of para-hydroxylation sites is 1. The summed E-state index contributed by atoms with van der Waals surface area (Å²) < 4.78 is 28.6. The Labute approximate surface area is 186 Å². The van der Waals surface area contributed by atoms with Gasteiger partial charge in [0.1, 0.15) is 0 Å². The summed E-state index contributed by atoms with van der Waals surface area (Å²) in [6, 6.07) is 19.7. The maximum absolute atomic E-state index is 12.7. The van der Waals surface area contributed by atoms with Gasteiger partial charge < -0.3 is 9.88 Å². The smallest absolute Gasteiger partial charge is 0.243 e. The average Bonchev–Trinajstić information content (AvgIpc) is 3.07. The molecule has 4 aromatic rings. The molecule has 1 aromatic heterocycles. The summed E-state index contributed by atoms with van der Waals surface area (Å²) >= 11 is 5.83. The Balaban J connectivity index is 1.56. The van der Waals surface area contributed by atoms with Crippen LogP contribution in [-0.2, 0) is 21.4 Å². The predicted molar refractivity (Wildman–Crippen MR) is 125 cm³/mol. The van der Waals surface area contributed by atoms with Crippen LogP contribution in [0.2, 0.25) is 5.02 Å². The maximum atomic E-state index is 12.7. The van der Waals surface area contributed by atoms with Crippen molar-refractivity contribution in [2.24, 2.45) is 0 Å². The first-order valence-corrected chi connectivity index (χ1v) is 11.7. The number of aromatic nitrogens is 1. The highest BCUT2D eigenvalue weighted by Crippen LogP contribution is 2.31. The van der Waals surface area contributed by atoms with E-state index in [-0.39, 0.29) is 11.4 Å². The van der Waals surface area contributed by atoms with Gasteiger partial charge in [0.05, 0.1) is 11.4 Å². The Morgan fingerprint density at radius 3 is 2.39 bits per heavy atom. The largest absolute Gasteiger partial charge is 0.341 e. The van der Waals surface area contributed by atoms with Crippen molar-refractivity contribution in [3.8, 4) is 0 Å². The predicted octanol–water partition coefficient (Wildman–Crippen LogP) is 4.73. The number of halogens is 1. The number of fused-ring (bicyclic) bond motifs is 3. The minimum atomic E-state index is -3.80. The number of carbonyl (C=O) groups excluding carboxylic acids is 1. The van der Waals surface area contributed by atoms with Crippen LogP contribution >= 0.6 is 11.6 Å². The van der Waals surface area contributed by atoms with Gasteiger partial charge in [0.2, 0.25) is 15.9 Å². The second-order valence-corrected chi connectivity index (χ2v) is 9.74. The zero-order chi connectivity index (χ0) is 22.2. The first kappa shape index (κ1) is 21.4. The number of sulfonamides is 1. The topological polar surface area (TPSA) is 71.4 Å². The van der Waals surface area contributed by atoms with E-state index in [0.29, 0.717) is 10.7 Å². The summed E-state index contributed by atoms with van der Waals surface area (Å²) in [5.74, 6) is -0.418. The molecule has 8 heteroatoms. The van der Waals surface area contributed by atoms with Crippen LogP contribution < -0.4 is 5.32 Å². The monoisotopic (exact) mass is 455 g/mol. The van der Waals surface area contributed by atoms with Gasteiger partial charge in [0.15, 0.2) is 0 Å². The van der Waals surface area contributed by atoms with Gasteiger partial charge in [-0.15, -0.1) is 0 Å². The molecule has 0 aliphatic carbocycles.